The fraction of sp³-hybridized carbons (Fsp3) is 0.417. The Kier molecular flexibility index (Phi) is 2.73. The molecule has 1 aliphatic carbocycles. The number of hydrogen-bond donors (Lipinski definition) is 0. The van der Waals surface area contributed by atoms with Gasteiger partial charge in [0.1, 0.15) is 0 Å². The number of hydrogen-bond acceptors (Lipinski definition) is 1. The van der Waals surface area contributed by atoms with Crippen molar-refractivity contribution in [2.24, 2.45) is 0 Å². The number of rotatable bonds is 1. The Morgan fingerprint density at radius 2 is 2.21 bits per heavy atom. The Labute approximate surface area is 92.6 Å². The summed E-state index contributed by atoms with van der Waals surface area (Å²) in [6.07, 6.45) is 2.65. The molecule has 1 unspecified atom stereocenters. The number of halogens is 1. The van der Waals surface area contributed by atoms with Crippen LogP contribution in [0.25, 0.3) is 0 Å². The lowest BCUT2D eigenvalue weighted by Gasteiger charge is -2.20. The normalized spacial score (nSPS) is 20.7. The molecule has 0 aromatic heterocycles. The van der Waals surface area contributed by atoms with Gasteiger partial charge in [-0.25, -0.2) is 0 Å². The van der Waals surface area contributed by atoms with E-state index in [1.54, 1.807) is 0 Å². The smallest absolute Gasteiger partial charge is 0.151 e. The van der Waals surface area contributed by atoms with Crippen molar-refractivity contribution in [1.29, 1.82) is 0 Å². The van der Waals surface area contributed by atoms with E-state index in [0.717, 1.165) is 12.8 Å². The van der Waals surface area contributed by atoms with E-state index in [1.807, 2.05) is 0 Å². The summed E-state index contributed by atoms with van der Waals surface area (Å²) in [6.45, 7) is 2.15. The lowest BCUT2D eigenvalue weighted by atomic mass is 9.89. The van der Waals surface area contributed by atoms with Gasteiger partial charge in [0.25, 0.3) is 0 Å². The monoisotopic (exact) mass is 252 g/mol. The number of ketones is 1. The van der Waals surface area contributed by atoms with Crippen molar-refractivity contribution in [2.45, 2.75) is 31.0 Å². The van der Waals surface area contributed by atoms with Gasteiger partial charge in [-0.1, -0.05) is 41.1 Å². The molecule has 1 aromatic carbocycles. The summed E-state index contributed by atoms with van der Waals surface area (Å²) in [5, 5.41) is 0. The molecule has 0 bridgehead atoms. The summed E-state index contributed by atoms with van der Waals surface area (Å²) in [5.41, 5.74) is 3.86. The van der Waals surface area contributed by atoms with Crippen molar-refractivity contribution < 1.29 is 4.79 Å². The van der Waals surface area contributed by atoms with E-state index >= 15 is 0 Å². The molecule has 1 nitrogen and oxygen atoms in total. The zero-order valence-electron chi connectivity index (χ0n) is 8.22. The average Bonchev–Trinajstić information content (AvgIpc) is 2.23. The van der Waals surface area contributed by atoms with E-state index in [4.69, 9.17) is 0 Å². The van der Waals surface area contributed by atoms with E-state index in [9.17, 15) is 4.79 Å². The van der Waals surface area contributed by atoms with Crippen LogP contribution in [-0.2, 0) is 17.6 Å². The van der Waals surface area contributed by atoms with Gasteiger partial charge in [-0.15, -0.1) is 0 Å². The molecule has 2 heteroatoms. The van der Waals surface area contributed by atoms with Gasteiger partial charge in [0, 0.05) is 6.42 Å². The number of aryl methyl sites for hydroxylation is 2. The van der Waals surface area contributed by atoms with Crippen LogP contribution >= 0.6 is 15.9 Å². The summed E-state index contributed by atoms with van der Waals surface area (Å²) < 4.78 is 0. The maximum Gasteiger partial charge on any atom is 0.151 e. The van der Waals surface area contributed by atoms with E-state index in [-0.39, 0.29) is 4.83 Å². The molecule has 0 N–H and O–H groups in total. The summed E-state index contributed by atoms with van der Waals surface area (Å²) in [5.74, 6) is 0.307. The largest absolute Gasteiger partial charge is 0.298 e. The van der Waals surface area contributed by atoms with Crippen molar-refractivity contribution in [3.8, 4) is 0 Å². The molecule has 1 aliphatic rings. The van der Waals surface area contributed by atoms with Gasteiger partial charge in [0.05, 0.1) is 4.83 Å². The van der Waals surface area contributed by atoms with E-state index in [2.05, 4.69) is 41.1 Å². The number of Topliss-reactive ketones (excluding diaryl/α,β-unsaturated/α-hetero) is 1. The molecule has 0 saturated carbocycles. The molecule has 0 aliphatic heterocycles. The quantitative estimate of drug-likeness (QED) is 0.702. The highest BCUT2D eigenvalue weighted by atomic mass is 79.9. The SMILES string of the molecule is CCc1ccc2c(c1)CCC(=O)C2Br. The number of benzene rings is 1. The maximum absolute atomic E-state index is 11.5. The Hall–Kier alpha value is -0.630. The first-order valence-corrected chi connectivity index (χ1v) is 5.92. The van der Waals surface area contributed by atoms with Crippen molar-refractivity contribution in [3.63, 3.8) is 0 Å². The number of carbonyl (C=O) groups is 1. The van der Waals surface area contributed by atoms with E-state index < -0.39 is 0 Å². The molecule has 0 radical (unpaired) electrons. The number of fused-ring (bicyclic) bond motifs is 1. The average molecular weight is 253 g/mol. The first kappa shape index (κ1) is 9.91. The zero-order chi connectivity index (χ0) is 10.1. The first-order chi connectivity index (χ1) is 6.72. The van der Waals surface area contributed by atoms with Crippen LogP contribution < -0.4 is 0 Å². The standard InChI is InChI=1S/C12H13BrO/c1-2-8-3-5-10-9(7-8)4-6-11(14)12(10)13/h3,5,7,12H,2,4,6H2,1H3. The van der Waals surface area contributed by atoms with Crippen LogP contribution in [0.15, 0.2) is 18.2 Å². The minimum Gasteiger partial charge on any atom is -0.298 e. The van der Waals surface area contributed by atoms with Crippen LogP contribution in [0.4, 0.5) is 0 Å². The molecule has 0 fully saturated rings. The molecular formula is C12H13BrO. The summed E-state index contributed by atoms with van der Waals surface area (Å²) in [4.78, 5) is 11.4. The fourth-order valence-electron chi connectivity index (χ4n) is 1.90. The van der Waals surface area contributed by atoms with Gasteiger partial charge >= 0.3 is 0 Å². The topological polar surface area (TPSA) is 17.1 Å². The Morgan fingerprint density at radius 1 is 1.43 bits per heavy atom. The summed E-state index contributed by atoms with van der Waals surface area (Å²) >= 11 is 3.45. The highest BCUT2D eigenvalue weighted by Gasteiger charge is 2.24. The Bertz CT molecular complexity index is 371. The summed E-state index contributed by atoms with van der Waals surface area (Å²) in [6, 6.07) is 6.44. The molecule has 74 valence electrons. The van der Waals surface area contributed by atoms with Crippen LogP contribution in [0.3, 0.4) is 0 Å². The third-order valence-corrected chi connectivity index (χ3v) is 3.82. The zero-order valence-corrected chi connectivity index (χ0v) is 9.80. The lowest BCUT2D eigenvalue weighted by molar-refractivity contribution is -0.118. The second kappa shape index (κ2) is 3.85. The van der Waals surface area contributed by atoms with Crippen LogP contribution in [0, 0.1) is 0 Å². The third kappa shape index (κ3) is 1.63. The maximum atomic E-state index is 11.5. The van der Waals surface area contributed by atoms with E-state index in [1.165, 1.54) is 16.7 Å². The highest BCUT2D eigenvalue weighted by Crippen LogP contribution is 2.33. The van der Waals surface area contributed by atoms with Gasteiger partial charge in [-0.3, -0.25) is 4.79 Å². The second-order valence-corrected chi connectivity index (χ2v) is 4.63. The predicted molar refractivity (Wildman–Crippen MR) is 60.8 cm³/mol. The van der Waals surface area contributed by atoms with Crippen LogP contribution in [-0.4, -0.2) is 5.78 Å². The molecular weight excluding hydrogens is 240 g/mol. The molecule has 0 saturated heterocycles. The van der Waals surface area contributed by atoms with Crippen LogP contribution in [0.1, 0.15) is 34.9 Å². The summed E-state index contributed by atoms with van der Waals surface area (Å²) in [7, 11) is 0. The lowest BCUT2D eigenvalue weighted by Crippen LogP contribution is -2.16. The van der Waals surface area contributed by atoms with Crippen molar-refractivity contribution in [3.05, 3.63) is 34.9 Å². The van der Waals surface area contributed by atoms with Crippen molar-refractivity contribution in [2.75, 3.05) is 0 Å². The molecule has 0 amide bonds. The third-order valence-electron chi connectivity index (χ3n) is 2.81. The highest BCUT2D eigenvalue weighted by molar-refractivity contribution is 9.09. The van der Waals surface area contributed by atoms with Gasteiger partial charge in [0.2, 0.25) is 0 Å². The Morgan fingerprint density at radius 3 is 2.93 bits per heavy atom. The molecule has 1 aromatic rings. The molecule has 2 rings (SSSR count). The molecule has 14 heavy (non-hydrogen) atoms. The van der Waals surface area contributed by atoms with Gasteiger partial charge in [-0.2, -0.15) is 0 Å². The van der Waals surface area contributed by atoms with Crippen molar-refractivity contribution in [1.82, 2.24) is 0 Å². The van der Waals surface area contributed by atoms with Crippen LogP contribution in [0.5, 0.6) is 0 Å². The minimum atomic E-state index is -0.0721. The number of alkyl halides is 1. The van der Waals surface area contributed by atoms with Gasteiger partial charge in [0.15, 0.2) is 5.78 Å². The minimum absolute atomic E-state index is 0.0721. The second-order valence-electron chi connectivity index (χ2n) is 3.72. The first-order valence-electron chi connectivity index (χ1n) is 5.01. The molecule has 0 spiro atoms. The van der Waals surface area contributed by atoms with Gasteiger partial charge < -0.3 is 0 Å². The fourth-order valence-corrected chi connectivity index (χ4v) is 2.58. The Balaban J connectivity index is 2.43. The predicted octanol–water partition coefficient (Wildman–Crippen LogP) is 3.20. The molecule has 0 heterocycles. The van der Waals surface area contributed by atoms with Crippen molar-refractivity contribution >= 4 is 21.7 Å². The molecule has 1 atom stereocenters. The van der Waals surface area contributed by atoms with Crippen LogP contribution in [0.2, 0.25) is 0 Å². The van der Waals surface area contributed by atoms with Gasteiger partial charge in [-0.05, 0) is 29.5 Å². The number of carbonyl (C=O) groups excluding carboxylic acids is 1. The van der Waals surface area contributed by atoms with E-state index in [0.29, 0.717) is 12.2 Å².